The SMILES string of the molecule is Cc1nc2c([nH]1)CC(NC(=O)c1csc(-c3cn[nH]c3)n1)CC2.O=C(O)C(F)(F)F. The highest BCUT2D eigenvalue weighted by Gasteiger charge is 2.38. The summed E-state index contributed by atoms with van der Waals surface area (Å²) in [6.45, 7) is 1.96. The lowest BCUT2D eigenvalue weighted by Crippen LogP contribution is -2.39. The molecule has 1 aliphatic carbocycles. The van der Waals surface area contributed by atoms with Crippen molar-refractivity contribution in [2.24, 2.45) is 0 Å². The standard InChI is InChI=1S/C15H16N6OS.C2HF3O2/c1-8-18-11-3-2-10(4-12(11)19-8)20-14(22)13-7-23-15(21-13)9-5-16-17-6-9;3-2(4,5)1(6)7/h5-7,10H,2-4H2,1H3,(H,16,17)(H,18,19)(H,20,22);(H,6,7). The molecule has 1 atom stereocenters. The number of alkyl halides is 3. The van der Waals surface area contributed by atoms with Crippen LogP contribution >= 0.6 is 11.3 Å². The number of aromatic nitrogens is 5. The minimum atomic E-state index is -5.08. The van der Waals surface area contributed by atoms with Gasteiger partial charge in [0, 0.05) is 35.3 Å². The molecule has 1 unspecified atom stereocenters. The lowest BCUT2D eigenvalue weighted by molar-refractivity contribution is -0.192. The van der Waals surface area contributed by atoms with Crippen molar-refractivity contribution in [3.05, 3.63) is 40.7 Å². The molecule has 1 aliphatic rings. The largest absolute Gasteiger partial charge is 0.490 e. The molecule has 13 heteroatoms. The van der Waals surface area contributed by atoms with Crippen LogP contribution in [0.15, 0.2) is 17.8 Å². The highest BCUT2D eigenvalue weighted by atomic mass is 32.1. The van der Waals surface area contributed by atoms with Gasteiger partial charge in [-0.2, -0.15) is 18.3 Å². The van der Waals surface area contributed by atoms with Crippen LogP contribution in [0.2, 0.25) is 0 Å². The fourth-order valence-corrected chi connectivity index (χ4v) is 3.67. The fraction of sp³-hybridized carbons (Fsp3) is 0.353. The van der Waals surface area contributed by atoms with Crippen molar-refractivity contribution in [2.45, 2.75) is 38.4 Å². The molecule has 0 aliphatic heterocycles. The Balaban J connectivity index is 0.000000318. The van der Waals surface area contributed by atoms with Gasteiger partial charge in [-0.15, -0.1) is 11.3 Å². The molecule has 3 aromatic heterocycles. The van der Waals surface area contributed by atoms with Crippen molar-refractivity contribution in [3.63, 3.8) is 0 Å². The predicted octanol–water partition coefficient (Wildman–Crippen LogP) is 2.49. The second-order valence-electron chi connectivity index (χ2n) is 6.49. The van der Waals surface area contributed by atoms with E-state index in [2.05, 4.69) is 30.5 Å². The Kier molecular flexibility index (Phi) is 6.20. The number of thiazole rings is 1. The average molecular weight is 442 g/mol. The predicted molar refractivity (Wildman–Crippen MR) is 100.0 cm³/mol. The smallest absolute Gasteiger partial charge is 0.475 e. The number of hydrogen-bond donors (Lipinski definition) is 4. The van der Waals surface area contributed by atoms with E-state index in [1.54, 1.807) is 17.8 Å². The summed E-state index contributed by atoms with van der Waals surface area (Å²) in [6.07, 6.45) is 0.970. The van der Waals surface area contributed by atoms with Gasteiger partial charge in [-0.3, -0.25) is 9.89 Å². The number of carbonyl (C=O) groups is 2. The Morgan fingerprint density at radius 1 is 1.33 bits per heavy atom. The number of aliphatic carboxylic acids is 1. The Morgan fingerprint density at radius 3 is 2.70 bits per heavy atom. The molecule has 0 radical (unpaired) electrons. The van der Waals surface area contributed by atoms with Gasteiger partial charge in [-0.05, 0) is 19.8 Å². The number of halogens is 3. The summed E-state index contributed by atoms with van der Waals surface area (Å²) in [6, 6.07) is 0.119. The maximum atomic E-state index is 12.4. The molecule has 3 aromatic rings. The molecule has 4 N–H and O–H groups in total. The number of rotatable bonds is 3. The van der Waals surface area contributed by atoms with Crippen LogP contribution in [0.1, 0.15) is 34.1 Å². The molecule has 1 amide bonds. The van der Waals surface area contributed by atoms with Gasteiger partial charge >= 0.3 is 12.1 Å². The number of carboxylic acid groups (broad SMARTS) is 1. The van der Waals surface area contributed by atoms with E-state index in [0.717, 1.165) is 47.0 Å². The third-order valence-corrected chi connectivity index (χ3v) is 5.11. The number of imidazole rings is 1. The Bertz CT molecular complexity index is 1030. The van der Waals surface area contributed by atoms with Crippen molar-refractivity contribution in [2.75, 3.05) is 0 Å². The molecule has 30 heavy (non-hydrogen) atoms. The summed E-state index contributed by atoms with van der Waals surface area (Å²) in [5, 5.41) is 19.4. The van der Waals surface area contributed by atoms with E-state index >= 15 is 0 Å². The summed E-state index contributed by atoms with van der Waals surface area (Å²) in [4.78, 5) is 33.4. The normalized spacial score (nSPS) is 15.7. The Labute approximate surface area is 171 Å². The molecule has 0 aromatic carbocycles. The van der Waals surface area contributed by atoms with Gasteiger partial charge in [-0.1, -0.05) is 0 Å². The lowest BCUT2D eigenvalue weighted by atomic mass is 9.96. The zero-order valence-corrected chi connectivity index (χ0v) is 16.4. The number of nitrogens with one attached hydrogen (secondary N) is 3. The first kappa shape index (κ1) is 21.5. The number of aryl methyl sites for hydroxylation is 2. The van der Waals surface area contributed by atoms with Crippen LogP contribution in [0.4, 0.5) is 13.2 Å². The summed E-state index contributed by atoms with van der Waals surface area (Å²) < 4.78 is 31.7. The van der Waals surface area contributed by atoms with E-state index in [0.29, 0.717) is 5.69 Å². The maximum absolute atomic E-state index is 12.4. The molecule has 0 spiro atoms. The summed E-state index contributed by atoms with van der Waals surface area (Å²) in [7, 11) is 0. The van der Waals surface area contributed by atoms with Gasteiger partial charge in [0.25, 0.3) is 5.91 Å². The third kappa shape index (κ3) is 5.23. The molecular weight excluding hydrogens is 425 g/mol. The number of carbonyl (C=O) groups excluding carboxylic acids is 1. The van der Waals surface area contributed by atoms with Crippen molar-refractivity contribution >= 4 is 23.2 Å². The summed E-state index contributed by atoms with van der Waals surface area (Å²) in [5.74, 6) is -1.94. The quantitative estimate of drug-likeness (QED) is 0.492. The minimum absolute atomic E-state index is 0.119. The lowest BCUT2D eigenvalue weighted by Gasteiger charge is -2.22. The van der Waals surface area contributed by atoms with Crippen LogP contribution < -0.4 is 5.32 Å². The van der Waals surface area contributed by atoms with E-state index in [-0.39, 0.29) is 11.9 Å². The number of H-pyrrole nitrogens is 2. The highest BCUT2D eigenvalue weighted by molar-refractivity contribution is 7.13. The monoisotopic (exact) mass is 442 g/mol. The van der Waals surface area contributed by atoms with Crippen molar-refractivity contribution < 1.29 is 27.9 Å². The molecule has 3 heterocycles. The molecule has 0 saturated heterocycles. The molecule has 0 saturated carbocycles. The van der Waals surface area contributed by atoms with E-state index < -0.39 is 12.1 Å². The van der Waals surface area contributed by atoms with Gasteiger partial charge < -0.3 is 15.4 Å². The molecule has 0 bridgehead atoms. The maximum Gasteiger partial charge on any atom is 0.490 e. The van der Waals surface area contributed by atoms with Crippen LogP contribution in [0.25, 0.3) is 10.6 Å². The first-order valence-electron chi connectivity index (χ1n) is 8.73. The van der Waals surface area contributed by atoms with Gasteiger partial charge in [0.1, 0.15) is 16.5 Å². The topological polar surface area (TPSA) is 137 Å². The number of nitrogens with zero attached hydrogens (tertiary/aromatic N) is 3. The highest BCUT2D eigenvalue weighted by Crippen LogP contribution is 2.23. The van der Waals surface area contributed by atoms with Crippen LogP contribution in [-0.2, 0) is 17.6 Å². The fourth-order valence-electron chi connectivity index (χ4n) is 2.88. The second-order valence-corrected chi connectivity index (χ2v) is 7.35. The average Bonchev–Trinajstić information content (AvgIpc) is 3.40. The first-order chi connectivity index (χ1) is 14.1. The van der Waals surface area contributed by atoms with Gasteiger partial charge in [0.05, 0.1) is 11.9 Å². The second kappa shape index (κ2) is 8.65. The third-order valence-electron chi connectivity index (χ3n) is 4.22. The molecule has 0 fully saturated rings. The van der Waals surface area contributed by atoms with Gasteiger partial charge in [0.2, 0.25) is 0 Å². The van der Waals surface area contributed by atoms with Gasteiger partial charge in [0.15, 0.2) is 0 Å². The van der Waals surface area contributed by atoms with Crippen molar-refractivity contribution in [1.82, 2.24) is 30.5 Å². The van der Waals surface area contributed by atoms with Crippen LogP contribution in [0.3, 0.4) is 0 Å². The van der Waals surface area contributed by atoms with Crippen molar-refractivity contribution in [1.29, 1.82) is 0 Å². The van der Waals surface area contributed by atoms with E-state index in [4.69, 9.17) is 9.90 Å². The van der Waals surface area contributed by atoms with E-state index in [1.165, 1.54) is 11.3 Å². The summed E-state index contributed by atoms with van der Waals surface area (Å²) >= 11 is 1.44. The Morgan fingerprint density at radius 2 is 2.07 bits per heavy atom. The molecule has 9 nitrogen and oxygen atoms in total. The van der Waals surface area contributed by atoms with Crippen LogP contribution in [-0.4, -0.2) is 54.4 Å². The zero-order chi connectivity index (χ0) is 21.9. The molecule has 4 rings (SSSR count). The van der Waals surface area contributed by atoms with Crippen molar-refractivity contribution in [3.8, 4) is 10.6 Å². The minimum Gasteiger partial charge on any atom is -0.475 e. The first-order valence-corrected chi connectivity index (χ1v) is 9.61. The zero-order valence-electron chi connectivity index (χ0n) is 15.6. The number of fused-ring (bicyclic) bond motifs is 1. The molecule has 160 valence electrons. The molecular formula is C17H17F3N6O3S. The van der Waals surface area contributed by atoms with E-state index in [1.807, 2.05) is 6.92 Å². The van der Waals surface area contributed by atoms with Crippen LogP contribution in [0.5, 0.6) is 0 Å². The Hall–Kier alpha value is -3.22. The van der Waals surface area contributed by atoms with Gasteiger partial charge in [-0.25, -0.2) is 14.8 Å². The number of aromatic amines is 2. The van der Waals surface area contributed by atoms with E-state index in [9.17, 15) is 18.0 Å². The summed E-state index contributed by atoms with van der Waals surface area (Å²) in [5.41, 5.74) is 3.61. The number of hydrogen-bond acceptors (Lipinski definition) is 6. The van der Waals surface area contributed by atoms with Crippen LogP contribution in [0, 0.1) is 6.92 Å². The number of carboxylic acids is 1. The number of amides is 1.